The van der Waals surface area contributed by atoms with E-state index in [2.05, 4.69) is 0 Å². The number of carbonyl (C=O) groups is 1. The Hall–Kier alpha value is -1.51. The lowest BCUT2D eigenvalue weighted by Crippen LogP contribution is -2.43. The van der Waals surface area contributed by atoms with E-state index in [1.165, 1.54) is 24.3 Å². The molecule has 0 saturated carbocycles. The molecule has 134 valence electrons. The van der Waals surface area contributed by atoms with Gasteiger partial charge in [0.05, 0.1) is 10.7 Å². The standard InChI is InChI=1S/C15H14Cl3N3O3S/c1-9-11(17)3-2-4-13(9)21(8-15(22)20-19)25(23,24)14-7-10(16)5-6-12(14)18/h2-7H,8,19H2,1H3,(H,20,22). The number of carbonyl (C=O) groups excluding carboxylic acids is 1. The van der Waals surface area contributed by atoms with E-state index < -0.39 is 22.5 Å². The van der Waals surface area contributed by atoms with Crippen molar-refractivity contribution in [3.8, 4) is 0 Å². The number of nitrogens with two attached hydrogens (primary N) is 1. The summed E-state index contributed by atoms with van der Waals surface area (Å²) in [6.45, 7) is 1.09. The Morgan fingerprint density at radius 1 is 1.16 bits per heavy atom. The van der Waals surface area contributed by atoms with Crippen LogP contribution in [-0.4, -0.2) is 20.9 Å². The Kier molecular flexibility index (Phi) is 6.18. The molecule has 0 unspecified atom stereocenters. The molecule has 0 heterocycles. The fraction of sp³-hybridized carbons (Fsp3) is 0.133. The molecule has 2 aromatic carbocycles. The molecule has 2 rings (SSSR count). The number of sulfonamides is 1. The van der Waals surface area contributed by atoms with Gasteiger partial charge in [0.1, 0.15) is 11.4 Å². The van der Waals surface area contributed by atoms with Crippen LogP contribution in [0.15, 0.2) is 41.3 Å². The zero-order valence-electron chi connectivity index (χ0n) is 13.0. The van der Waals surface area contributed by atoms with E-state index in [0.29, 0.717) is 10.6 Å². The number of rotatable bonds is 5. The van der Waals surface area contributed by atoms with Crippen LogP contribution >= 0.6 is 34.8 Å². The fourth-order valence-corrected chi connectivity index (χ4v) is 4.52. The average Bonchev–Trinajstić information content (AvgIpc) is 2.57. The summed E-state index contributed by atoms with van der Waals surface area (Å²) in [7, 11) is -4.21. The molecule has 3 N–H and O–H groups in total. The van der Waals surface area contributed by atoms with Crippen LogP contribution in [0.4, 0.5) is 5.69 Å². The van der Waals surface area contributed by atoms with Crippen molar-refractivity contribution in [1.29, 1.82) is 0 Å². The monoisotopic (exact) mass is 421 g/mol. The van der Waals surface area contributed by atoms with Gasteiger partial charge >= 0.3 is 0 Å². The van der Waals surface area contributed by atoms with Gasteiger partial charge in [-0.25, -0.2) is 14.3 Å². The van der Waals surface area contributed by atoms with Gasteiger partial charge in [0.15, 0.2) is 0 Å². The first-order valence-electron chi connectivity index (χ1n) is 6.91. The first kappa shape index (κ1) is 19.8. The van der Waals surface area contributed by atoms with E-state index in [0.717, 1.165) is 4.31 Å². The second-order valence-electron chi connectivity index (χ2n) is 5.04. The predicted molar refractivity (Wildman–Crippen MR) is 99.5 cm³/mol. The van der Waals surface area contributed by atoms with Gasteiger partial charge in [-0.1, -0.05) is 40.9 Å². The van der Waals surface area contributed by atoms with Crippen LogP contribution < -0.4 is 15.6 Å². The van der Waals surface area contributed by atoms with Crippen molar-refractivity contribution in [2.45, 2.75) is 11.8 Å². The number of hydrogen-bond acceptors (Lipinski definition) is 4. The molecule has 0 aliphatic rings. The van der Waals surface area contributed by atoms with Gasteiger partial charge in [0.25, 0.3) is 15.9 Å². The summed E-state index contributed by atoms with van der Waals surface area (Å²) in [6.07, 6.45) is 0. The van der Waals surface area contributed by atoms with Crippen LogP contribution in [0.1, 0.15) is 5.56 Å². The molecular weight excluding hydrogens is 409 g/mol. The van der Waals surface area contributed by atoms with Gasteiger partial charge < -0.3 is 0 Å². The van der Waals surface area contributed by atoms with Crippen LogP contribution in [0, 0.1) is 6.92 Å². The molecule has 25 heavy (non-hydrogen) atoms. The van der Waals surface area contributed by atoms with Crippen molar-refractivity contribution in [1.82, 2.24) is 5.43 Å². The van der Waals surface area contributed by atoms with Crippen molar-refractivity contribution in [3.63, 3.8) is 0 Å². The highest BCUT2D eigenvalue weighted by atomic mass is 35.5. The molecule has 0 spiro atoms. The summed E-state index contributed by atoms with van der Waals surface area (Å²) >= 11 is 18.0. The molecule has 0 radical (unpaired) electrons. The van der Waals surface area contributed by atoms with Crippen molar-refractivity contribution < 1.29 is 13.2 Å². The van der Waals surface area contributed by atoms with Gasteiger partial charge in [-0.05, 0) is 42.8 Å². The predicted octanol–water partition coefficient (Wildman–Crippen LogP) is 3.14. The third kappa shape index (κ3) is 4.19. The largest absolute Gasteiger partial charge is 0.293 e. The van der Waals surface area contributed by atoms with Gasteiger partial charge in [-0.15, -0.1) is 0 Å². The summed E-state index contributed by atoms with van der Waals surface area (Å²) in [5, 5.41) is 0.513. The van der Waals surface area contributed by atoms with E-state index in [4.69, 9.17) is 40.6 Å². The third-order valence-corrected chi connectivity index (χ3v) is 6.30. The Labute approximate surface area is 160 Å². The summed E-state index contributed by atoms with van der Waals surface area (Å²) < 4.78 is 27.2. The number of nitrogens with one attached hydrogen (secondary N) is 1. The number of anilines is 1. The minimum atomic E-state index is -4.21. The molecule has 2 aromatic rings. The highest BCUT2D eigenvalue weighted by Gasteiger charge is 2.30. The number of hydrazine groups is 1. The van der Waals surface area contributed by atoms with Crippen molar-refractivity contribution in [3.05, 3.63) is 57.0 Å². The molecule has 0 atom stereocenters. The second-order valence-corrected chi connectivity index (χ2v) is 8.12. The normalized spacial score (nSPS) is 11.2. The molecule has 0 aliphatic heterocycles. The van der Waals surface area contributed by atoms with Crippen molar-refractivity contribution in [2.75, 3.05) is 10.8 Å². The number of nitrogens with zero attached hydrogens (tertiary/aromatic N) is 1. The number of halogens is 3. The topological polar surface area (TPSA) is 92.5 Å². The molecule has 6 nitrogen and oxygen atoms in total. The lowest BCUT2D eigenvalue weighted by atomic mass is 10.2. The molecule has 1 amide bonds. The van der Waals surface area contributed by atoms with Gasteiger partial charge in [0.2, 0.25) is 0 Å². The highest BCUT2D eigenvalue weighted by Crippen LogP contribution is 2.33. The molecular formula is C15H14Cl3N3O3S. The molecule has 0 saturated heterocycles. The van der Waals surface area contributed by atoms with Gasteiger partial charge in [-0.2, -0.15) is 0 Å². The first-order valence-corrected chi connectivity index (χ1v) is 9.48. The summed E-state index contributed by atoms with van der Waals surface area (Å²) in [4.78, 5) is 11.6. The minimum absolute atomic E-state index is 0.0257. The van der Waals surface area contributed by atoms with E-state index in [1.54, 1.807) is 19.1 Å². The SMILES string of the molecule is Cc1c(Cl)cccc1N(CC(=O)NN)S(=O)(=O)c1cc(Cl)ccc1Cl. The van der Waals surface area contributed by atoms with E-state index in [1.807, 2.05) is 5.43 Å². The lowest BCUT2D eigenvalue weighted by molar-refractivity contribution is -0.119. The van der Waals surface area contributed by atoms with Crippen LogP contribution in [0.2, 0.25) is 15.1 Å². The molecule has 0 aromatic heterocycles. The van der Waals surface area contributed by atoms with Crippen LogP contribution in [0.3, 0.4) is 0 Å². The quantitative estimate of drug-likeness (QED) is 0.440. The fourth-order valence-electron chi connectivity index (χ4n) is 2.14. The Bertz CT molecular complexity index is 919. The zero-order valence-corrected chi connectivity index (χ0v) is 16.0. The Balaban J connectivity index is 2.68. The first-order chi connectivity index (χ1) is 11.7. The maximum Gasteiger partial charge on any atom is 0.266 e. The van der Waals surface area contributed by atoms with E-state index in [9.17, 15) is 13.2 Å². The van der Waals surface area contributed by atoms with Crippen molar-refractivity contribution in [2.24, 2.45) is 5.84 Å². The zero-order chi connectivity index (χ0) is 18.8. The highest BCUT2D eigenvalue weighted by molar-refractivity contribution is 7.93. The average molecular weight is 423 g/mol. The molecule has 0 fully saturated rings. The van der Waals surface area contributed by atoms with E-state index >= 15 is 0 Å². The smallest absolute Gasteiger partial charge is 0.266 e. The molecule has 0 aliphatic carbocycles. The third-order valence-electron chi connectivity index (χ3n) is 3.42. The molecule has 10 heteroatoms. The summed E-state index contributed by atoms with van der Waals surface area (Å²) in [5.41, 5.74) is 2.62. The van der Waals surface area contributed by atoms with Gasteiger partial charge in [0, 0.05) is 10.0 Å². The van der Waals surface area contributed by atoms with Crippen molar-refractivity contribution >= 4 is 56.4 Å². The summed E-state index contributed by atoms with van der Waals surface area (Å²) in [5.74, 6) is 4.40. The lowest BCUT2D eigenvalue weighted by Gasteiger charge is -2.26. The summed E-state index contributed by atoms with van der Waals surface area (Å²) in [6, 6.07) is 8.76. The van der Waals surface area contributed by atoms with Gasteiger partial charge in [-0.3, -0.25) is 14.5 Å². The second kappa shape index (κ2) is 7.80. The molecule has 0 bridgehead atoms. The minimum Gasteiger partial charge on any atom is -0.293 e. The van der Waals surface area contributed by atoms with Crippen LogP contribution in [0.25, 0.3) is 0 Å². The maximum absolute atomic E-state index is 13.1. The van der Waals surface area contributed by atoms with Crippen LogP contribution in [-0.2, 0) is 14.8 Å². The maximum atomic E-state index is 13.1. The number of amides is 1. The van der Waals surface area contributed by atoms with E-state index in [-0.39, 0.29) is 20.6 Å². The Morgan fingerprint density at radius 2 is 1.84 bits per heavy atom. The number of hydrogen-bond donors (Lipinski definition) is 2. The Morgan fingerprint density at radius 3 is 2.48 bits per heavy atom. The van der Waals surface area contributed by atoms with Crippen LogP contribution in [0.5, 0.6) is 0 Å². The number of benzene rings is 2.